The molecule has 4 rings (SSSR count). The average molecular weight is 377 g/mol. The van der Waals surface area contributed by atoms with Crippen LogP contribution in [-0.4, -0.2) is 35.9 Å². The first-order valence-electron chi connectivity index (χ1n) is 9.25. The van der Waals surface area contributed by atoms with E-state index in [0.717, 1.165) is 40.1 Å². The number of hydrogen-bond donors (Lipinski definition) is 3. The molecule has 4 heterocycles. The van der Waals surface area contributed by atoms with Gasteiger partial charge in [0.05, 0.1) is 29.5 Å². The molecule has 0 atom stereocenters. The molecular weight excluding hydrogens is 354 g/mol. The first-order valence-corrected chi connectivity index (χ1v) is 9.25. The van der Waals surface area contributed by atoms with E-state index in [-0.39, 0.29) is 5.91 Å². The standard InChI is InChI=1S/C20H23N7O/c1-11(2)9-27-10-15(7-22-27)17-6-14-5-16(8-21-19(14)24-17)23-20(28)18-12(3)13(4)25-26-18/h5-8,10-11H,9H2,1-4H3,(H,21,24)(H,23,28)(H,25,26). The van der Waals surface area contributed by atoms with Gasteiger partial charge >= 0.3 is 0 Å². The molecule has 0 radical (unpaired) electrons. The SMILES string of the molecule is Cc1n[nH]c(C(=O)Nc2cnc3[nH]c(-c4cnn(CC(C)C)c4)cc3c2)c1C. The third kappa shape index (κ3) is 3.40. The van der Waals surface area contributed by atoms with E-state index in [1.54, 1.807) is 6.20 Å². The van der Waals surface area contributed by atoms with Crippen LogP contribution >= 0.6 is 0 Å². The average Bonchev–Trinajstić information content (AvgIpc) is 3.34. The third-order valence-corrected chi connectivity index (χ3v) is 4.70. The number of rotatable bonds is 5. The second-order valence-electron chi connectivity index (χ2n) is 7.45. The Morgan fingerprint density at radius 2 is 2.07 bits per heavy atom. The van der Waals surface area contributed by atoms with Crippen molar-refractivity contribution in [3.63, 3.8) is 0 Å². The molecule has 0 aromatic carbocycles. The number of aromatic amines is 2. The van der Waals surface area contributed by atoms with Crippen LogP contribution in [0.25, 0.3) is 22.3 Å². The van der Waals surface area contributed by atoms with E-state index < -0.39 is 0 Å². The lowest BCUT2D eigenvalue weighted by atomic mass is 10.2. The van der Waals surface area contributed by atoms with Gasteiger partial charge in [0.2, 0.25) is 0 Å². The van der Waals surface area contributed by atoms with Crippen LogP contribution in [-0.2, 0) is 6.54 Å². The summed E-state index contributed by atoms with van der Waals surface area (Å²) in [7, 11) is 0. The van der Waals surface area contributed by atoms with Crippen LogP contribution in [0.4, 0.5) is 5.69 Å². The van der Waals surface area contributed by atoms with Gasteiger partial charge in [0.25, 0.3) is 5.91 Å². The number of aromatic nitrogens is 6. The van der Waals surface area contributed by atoms with E-state index in [1.807, 2.05) is 43.1 Å². The van der Waals surface area contributed by atoms with Crippen LogP contribution in [0.15, 0.2) is 30.7 Å². The van der Waals surface area contributed by atoms with E-state index in [0.29, 0.717) is 17.3 Å². The van der Waals surface area contributed by atoms with E-state index in [1.165, 1.54) is 0 Å². The quantitative estimate of drug-likeness (QED) is 0.493. The number of carbonyl (C=O) groups is 1. The number of fused-ring (bicyclic) bond motifs is 1. The fraction of sp³-hybridized carbons (Fsp3) is 0.300. The molecule has 0 unspecified atom stereocenters. The lowest BCUT2D eigenvalue weighted by molar-refractivity contribution is 0.102. The molecule has 0 saturated carbocycles. The Bertz CT molecular complexity index is 1150. The van der Waals surface area contributed by atoms with Gasteiger partial charge in [0.1, 0.15) is 11.3 Å². The van der Waals surface area contributed by atoms with Crippen LogP contribution in [0.5, 0.6) is 0 Å². The smallest absolute Gasteiger partial charge is 0.273 e. The van der Waals surface area contributed by atoms with Crippen molar-refractivity contribution in [1.29, 1.82) is 0 Å². The van der Waals surface area contributed by atoms with Crippen molar-refractivity contribution in [1.82, 2.24) is 29.9 Å². The molecule has 0 bridgehead atoms. The molecule has 0 aliphatic rings. The molecule has 0 aliphatic carbocycles. The summed E-state index contributed by atoms with van der Waals surface area (Å²) in [6.45, 7) is 8.93. The molecule has 0 saturated heterocycles. The summed E-state index contributed by atoms with van der Waals surface area (Å²) in [5, 5.41) is 15.1. The molecule has 8 heteroatoms. The Morgan fingerprint density at radius 3 is 2.79 bits per heavy atom. The molecule has 4 aromatic heterocycles. The minimum atomic E-state index is -0.232. The minimum Gasteiger partial charge on any atom is -0.339 e. The summed E-state index contributed by atoms with van der Waals surface area (Å²) in [4.78, 5) is 20.2. The van der Waals surface area contributed by atoms with Crippen LogP contribution in [0.1, 0.15) is 35.6 Å². The van der Waals surface area contributed by atoms with E-state index in [9.17, 15) is 4.79 Å². The van der Waals surface area contributed by atoms with Crippen molar-refractivity contribution in [3.8, 4) is 11.3 Å². The maximum Gasteiger partial charge on any atom is 0.273 e. The Labute approximate surface area is 162 Å². The Kier molecular flexibility index (Phi) is 4.46. The van der Waals surface area contributed by atoms with E-state index >= 15 is 0 Å². The zero-order valence-electron chi connectivity index (χ0n) is 16.4. The second kappa shape index (κ2) is 6.95. The molecule has 28 heavy (non-hydrogen) atoms. The van der Waals surface area contributed by atoms with Gasteiger partial charge < -0.3 is 10.3 Å². The Hall–Kier alpha value is -3.42. The van der Waals surface area contributed by atoms with Gasteiger partial charge in [0.15, 0.2) is 0 Å². The van der Waals surface area contributed by atoms with Crippen molar-refractivity contribution in [3.05, 3.63) is 47.7 Å². The summed E-state index contributed by atoms with van der Waals surface area (Å²) >= 11 is 0. The zero-order chi connectivity index (χ0) is 19.8. The minimum absolute atomic E-state index is 0.232. The van der Waals surface area contributed by atoms with Crippen LogP contribution in [0.2, 0.25) is 0 Å². The number of amides is 1. The first kappa shape index (κ1) is 18.0. The molecule has 0 fully saturated rings. The Morgan fingerprint density at radius 1 is 1.25 bits per heavy atom. The van der Waals surface area contributed by atoms with Gasteiger partial charge in [-0.05, 0) is 31.9 Å². The van der Waals surface area contributed by atoms with E-state index in [2.05, 4.69) is 44.4 Å². The zero-order valence-corrected chi connectivity index (χ0v) is 16.4. The van der Waals surface area contributed by atoms with Gasteiger partial charge in [-0.1, -0.05) is 13.8 Å². The number of pyridine rings is 1. The molecule has 4 aromatic rings. The number of H-pyrrole nitrogens is 2. The molecule has 1 amide bonds. The van der Waals surface area contributed by atoms with Gasteiger partial charge in [-0.3, -0.25) is 14.6 Å². The van der Waals surface area contributed by atoms with E-state index in [4.69, 9.17) is 0 Å². The highest BCUT2D eigenvalue weighted by Gasteiger charge is 2.15. The lowest BCUT2D eigenvalue weighted by Gasteiger charge is -2.04. The van der Waals surface area contributed by atoms with Gasteiger partial charge in [-0.2, -0.15) is 10.2 Å². The number of hydrogen-bond acceptors (Lipinski definition) is 4. The summed E-state index contributed by atoms with van der Waals surface area (Å²) in [6.07, 6.45) is 5.51. The number of nitrogens with one attached hydrogen (secondary N) is 3. The van der Waals surface area contributed by atoms with Crippen molar-refractivity contribution in [2.45, 2.75) is 34.2 Å². The number of nitrogens with zero attached hydrogens (tertiary/aromatic N) is 4. The molecule has 144 valence electrons. The monoisotopic (exact) mass is 377 g/mol. The largest absolute Gasteiger partial charge is 0.339 e. The Balaban J connectivity index is 1.57. The summed E-state index contributed by atoms with van der Waals surface area (Å²) in [5.74, 6) is 0.301. The number of anilines is 1. The molecule has 0 spiro atoms. The summed E-state index contributed by atoms with van der Waals surface area (Å²) in [6, 6.07) is 3.91. The molecule has 8 nitrogen and oxygen atoms in total. The maximum atomic E-state index is 12.5. The normalized spacial score (nSPS) is 11.5. The van der Waals surface area contributed by atoms with Crippen LogP contribution in [0, 0.1) is 19.8 Å². The van der Waals surface area contributed by atoms with Crippen LogP contribution in [0.3, 0.4) is 0 Å². The fourth-order valence-corrected chi connectivity index (χ4v) is 3.12. The van der Waals surface area contributed by atoms with Gasteiger partial charge in [0, 0.05) is 29.3 Å². The van der Waals surface area contributed by atoms with Gasteiger partial charge in [-0.15, -0.1) is 0 Å². The van der Waals surface area contributed by atoms with Crippen molar-refractivity contribution in [2.24, 2.45) is 5.92 Å². The van der Waals surface area contributed by atoms with Gasteiger partial charge in [-0.25, -0.2) is 4.98 Å². The highest BCUT2D eigenvalue weighted by molar-refractivity contribution is 6.04. The fourth-order valence-electron chi connectivity index (χ4n) is 3.12. The van der Waals surface area contributed by atoms with Crippen molar-refractivity contribution >= 4 is 22.6 Å². The summed E-state index contributed by atoms with van der Waals surface area (Å²) in [5.41, 5.74) is 5.46. The topological polar surface area (TPSA) is 104 Å². The molecule has 0 aliphatic heterocycles. The van der Waals surface area contributed by atoms with Crippen molar-refractivity contribution < 1.29 is 4.79 Å². The molecule has 3 N–H and O–H groups in total. The molecular formula is C20H23N7O. The summed E-state index contributed by atoms with van der Waals surface area (Å²) < 4.78 is 1.94. The third-order valence-electron chi connectivity index (χ3n) is 4.70. The predicted molar refractivity (Wildman–Crippen MR) is 108 cm³/mol. The predicted octanol–water partition coefficient (Wildman–Crippen LogP) is 3.67. The van der Waals surface area contributed by atoms with Crippen LogP contribution < -0.4 is 5.32 Å². The number of aryl methyl sites for hydroxylation is 1. The second-order valence-corrected chi connectivity index (χ2v) is 7.45. The number of carbonyl (C=O) groups excluding carboxylic acids is 1. The lowest BCUT2D eigenvalue weighted by Crippen LogP contribution is -2.13. The first-order chi connectivity index (χ1) is 13.4. The van der Waals surface area contributed by atoms with Crippen molar-refractivity contribution in [2.75, 3.05) is 5.32 Å². The highest BCUT2D eigenvalue weighted by atomic mass is 16.1. The highest BCUT2D eigenvalue weighted by Crippen LogP contribution is 2.25. The maximum absolute atomic E-state index is 12.5.